The summed E-state index contributed by atoms with van der Waals surface area (Å²) in [6.07, 6.45) is 21.0. The molecule has 78 heavy (non-hydrogen) atoms. The maximum absolute atomic E-state index is 2.56. The number of allylic oxidation sites excluding steroid dienone is 12. The molecule has 0 aromatic heterocycles. The molecule has 15 rings (SSSR count). The molecule has 0 saturated carbocycles. The number of aryl methyl sites for hydroxylation is 2. The molecule has 0 bridgehead atoms. The van der Waals surface area contributed by atoms with Crippen molar-refractivity contribution in [2.75, 3.05) is 9.80 Å². The van der Waals surface area contributed by atoms with Crippen LogP contribution in [0.25, 0.3) is 49.4 Å². The Labute approximate surface area is 462 Å². The molecule has 7 aliphatic carbocycles. The van der Waals surface area contributed by atoms with Crippen molar-refractivity contribution in [3.63, 3.8) is 0 Å². The largest absolute Gasteiger partial charge is 0.310 e. The van der Waals surface area contributed by atoms with Gasteiger partial charge in [0.1, 0.15) is 0 Å². The van der Waals surface area contributed by atoms with Crippen LogP contribution in [-0.4, -0.2) is 0 Å². The highest BCUT2D eigenvalue weighted by Crippen LogP contribution is 2.57. The van der Waals surface area contributed by atoms with Gasteiger partial charge in [-0.3, -0.25) is 0 Å². The van der Waals surface area contributed by atoms with E-state index in [1.165, 1.54) is 139 Å². The van der Waals surface area contributed by atoms with Crippen LogP contribution < -0.4 is 9.80 Å². The highest BCUT2D eigenvalue weighted by Gasteiger charge is 2.42. The van der Waals surface area contributed by atoms with E-state index in [2.05, 4.69) is 249 Å². The Balaban J connectivity index is 0.906. The Morgan fingerprint density at radius 2 is 0.628 bits per heavy atom. The molecule has 2 heteroatoms. The average molecular weight is 1010 g/mol. The molecule has 7 aliphatic rings. The van der Waals surface area contributed by atoms with Crippen LogP contribution in [0.15, 0.2) is 187 Å². The highest BCUT2D eigenvalue weighted by molar-refractivity contribution is 6.08. The van der Waals surface area contributed by atoms with Crippen molar-refractivity contribution in [3.05, 3.63) is 242 Å². The van der Waals surface area contributed by atoms with Crippen LogP contribution in [0, 0.1) is 13.8 Å². The first-order valence-corrected chi connectivity index (χ1v) is 29.0. The summed E-state index contributed by atoms with van der Waals surface area (Å²) in [5.41, 5.74) is 32.4. The molecule has 0 aliphatic heterocycles. The van der Waals surface area contributed by atoms with Gasteiger partial charge in [-0.15, -0.1) is 0 Å². The number of rotatable bonds is 6. The first-order chi connectivity index (χ1) is 37.5. The second kappa shape index (κ2) is 16.4. The highest BCUT2D eigenvalue weighted by atomic mass is 15.1. The van der Waals surface area contributed by atoms with E-state index in [0.717, 1.165) is 38.5 Å². The minimum atomic E-state index is -0.127. The fraction of sp³-hybridized carbons (Fsp3) is 0.263. The van der Waals surface area contributed by atoms with Crippen molar-refractivity contribution < 1.29 is 0 Å². The van der Waals surface area contributed by atoms with Gasteiger partial charge in [-0.05, 0) is 230 Å². The third-order valence-corrected chi connectivity index (χ3v) is 20.4. The number of hydrogen-bond donors (Lipinski definition) is 0. The molecular formula is C76H70N2. The Kier molecular flexibility index (Phi) is 10.0. The smallest absolute Gasteiger partial charge is 0.0468 e. The zero-order chi connectivity index (χ0) is 53.4. The predicted molar refractivity (Wildman–Crippen MR) is 333 cm³/mol. The molecule has 2 nitrogen and oxygen atoms in total. The van der Waals surface area contributed by atoms with Crippen molar-refractivity contribution in [3.8, 4) is 11.1 Å². The van der Waals surface area contributed by atoms with Crippen molar-refractivity contribution >= 4 is 72.4 Å². The number of hydrogen-bond acceptors (Lipinski definition) is 2. The first-order valence-electron chi connectivity index (χ1n) is 29.0. The third kappa shape index (κ3) is 6.50. The first kappa shape index (κ1) is 47.5. The lowest BCUT2D eigenvalue weighted by atomic mass is 9.78. The van der Waals surface area contributed by atoms with E-state index in [0.29, 0.717) is 0 Å². The van der Waals surface area contributed by atoms with Crippen LogP contribution in [0.5, 0.6) is 0 Å². The van der Waals surface area contributed by atoms with Crippen LogP contribution in [0.2, 0.25) is 0 Å². The van der Waals surface area contributed by atoms with Gasteiger partial charge in [0.15, 0.2) is 0 Å². The lowest BCUT2D eigenvalue weighted by Crippen LogP contribution is -2.20. The van der Waals surface area contributed by atoms with E-state index < -0.39 is 0 Å². The van der Waals surface area contributed by atoms with Gasteiger partial charge in [-0.1, -0.05) is 169 Å². The number of nitrogens with zero attached hydrogens (tertiary/aromatic N) is 2. The fourth-order valence-electron chi connectivity index (χ4n) is 16.1. The van der Waals surface area contributed by atoms with E-state index in [4.69, 9.17) is 0 Å². The van der Waals surface area contributed by atoms with E-state index >= 15 is 0 Å². The SMILES string of the molecule is Cc1c2ccc(N(c3ccc4c(c3)C(C)(C)C3=C4C=CCC3)c3ccc4c(c3)C(C)(C)C3=C4C=CCC3)cc2c(C)c2cc(N(c3ccc4c(c3)C(C)(C)C3=C4C=CCC3)c3ccc4c(c3)C(C)(C)c3ccccc3-4)ccc12. The lowest BCUT2D eigenvalue weighted by Gasteiger charge is -2.31. The lowest BCUT2D eigenvalue weighted by molar-refractivity contribution is 0.607. The van der Waals surface area contributed by atoms with E-state index in [1.807, 2.05) is 0 Å². The summed E-state index contributed by atoms with van der Waals surface area (Å²) < 4.78 is 0. The standard InChI is InChI=1S/C76H70N2/c1-45-53-33-27-47(77(49-29-35-59-55-19-11-15-23-65(55)73(3,4)69(59)41-49)50-30-36-60-56-20-12-16-24-66(56)74(5,6)70(60)42-50)39-63(53)46(2)64-40-48(28-34-54(45)64)78(51-31-37-61-57-21-13-17-25-67(57)75(7,8)71(61)43-51)52-32-38-62-58-22-14-18-26-68(58)76(9,10)72(62)44-52/h11-15,19-23,27-44H,16-18,24-26H2,1-10H3. The van der Waals surface area contributed by atoms with Gasteiger partial charge < -0.3 is 9.80 Å². The van der Waals surface area contributed by atoms with Gasteiger partial charge in [0.2, 0.25) is 0 Å². The van der Waals surface area contributed by atoms with Gasteiger partial charge in [-0.2, -0.15) is 0 Å². The van der Waals surface area contributed by atoms with Crippen molar-refractivity contribution in [2.24, 2.45) is 0 Å². The van der Waals surface area contributed by atoms with E-state index in [9.17, 15) is 0 Å². The summed E-state index contributed by atoms with van der Waals surface area (Å²) >= 11 is 0. The van der Waals surface area contributed by atoms with Crippen LogP contribution >= 0.6 is 0 Å². The zero-order valence-corrected chi connectivity index (χ0v) is 47.3. The molecule has 0 unspecified atom stereocenters. The minimum absolute atomic E-state index is 0.0431. The van der Waals surface area contributed by atoms with Gasteiger partial charge in [0.05, 0.1) is 0 Å². The third-order valence-electron chi connectivity index (χ3n) is 20.4. The van der Waals surface area contributed by atoms with Crippen LogP contribution in [-0.2, 0) is 21.7 Å². The Bertz CT molecular complexity index is 4120. The van der Waals surface area contributed by atoms with Gasteiger partial charge >= 0.3 is 0 Å². The van der Waals surface area contributed by atoms with E-state index in [-0.39, 0.29) is 21.7 Å². The Morgan fingerprint density at radius 1 is 0.308 bits per heavy atom. The van der Waals surface area contributed by atoms with Crippen LogP contribution in [0.4, 0.5) is 34.1 Å². The van der Waals surface area contributed by atoms with Crippen molar-refractivity contribution in [1.82, 2.24) is 0 Å². The molecule has 0 N–H and O–H groups in total. The summed E-state index contributed by atoms with van der Waals surface area (Å²) in [6, 6.07) is 52.8. The topological polar surface area (TPSA) is 6.48 Å². The second-order valence-corrected chi connectivity index (χ2v) is 25.8. The number of benzene rings is 8. The van der Waals surface area contributed by atoms with Gasteiger partial charge in [0.25, 0.3) is 0 Å². The van der Waals surface area contributed by atoms with E-state index in [1.54, 1.807) is 16.7 Å². The molecule has 8 aromatic rings. The summed E-state index contributed by atoms with van der Waals surface area (Å²) in [7, 11) is 0. The quantitative estimate of drug-likeness (QED) is 0.153. The summed E-state index contributed by atoms with van der Waals surface area (Å²) in [4.78, 5) is 5.12. The molecular weight excluding hydrogens is 941 g/mol. The van der Waals surface area contributed by atoms with Crippen LogP contribution in [0.3, 0.4) is 0 Å². The van der Waals surface area contributed by atoms with Crippen molar-refractivity contribution in [1.29, 1.82) is 0 Å². The Morgan fingerprint density at radius 3 is 1.04 bits per heavy atom. The summed E-state index contributed by atoms with van der Waals surface area (Å²) in [5, 5.41) is 5.18. The van der Waals surface area contributed by atoms with Crippen LogP contribution in [0.1, 0.15) is 150 Å². The predicted octanol–water partition coefficient (Wildman–Crippen LogP) is 21.0. The molecule has 0 heterocycles. The second-order valence-electron chi connectivity index (χ2n) is 25.8. The Hall–Kier alpha value is -7.68. The van der Waals surface area contributed by atoms with Gasteiger partial charge in [-0.25, -0.2) is 0 Å². The molecule has 384 valence electrons. The summed E-state index contributed by atoms with van der Waals surface area (Å²) in [5.74, 6) is 0. The molecule has 0 spiro atoms. The maximum atomic E-state index is 2.56. The average Bonchev–Trinajstić information content (AvgIpc) is 4.24. The normalized spacial score (nSPS) is 18.9. The zero-order valence-electron chi connectivity index (χ0n) is 47.3. The fourth-order valence-corrected chi connectivity index (χ4v) is 16.1. The summed E-state index contributed by atoms with van der Waals surface area (Å²) in [6.45, 7) is 24.2. The number of anilines is 6. The molecule has 8 aromatic carbocycles. The van der Waals surface area contributed by atoms with Gasteiger partial charge in [0, 0.05) is 55.8 Å². The molecule has 0 amide bonds. The minimum Gasteiger partial charge on any atom is -0.310 e. The molecule has 0 saturated heterocycles. The molecule has 0 radical (unpaired) electrons. The van der Waals surface area contributed by atoms with Crippen molar-refractivity contribution in [2.45, 2.75) is 129 Å². The molecule has 0 fully saturated rings. The molecule has 0 atom stereocenters. The maximum Gasteiger partial charge on any atom is 0.0468 e. The number of fused-ring (bicyclic) bond motifs is 11. The monoisotopic (exact) mass is 1010 g/mol.